The van der Waals surface area contributed by atoms with Gasteiger partial charge in [-0.15, -0.1) is 0 Å². The van der Waals surface area contributed by atoms with Gasteiger partial charge >= 0.3 is 12.1 Å². The van der Waals surface area contributed by atoms with Gasteiger partial charge in [-0.3, -0.25) is 0 Å². The maximum atomic E-state index is 12.8. The molecule has 0 fully saturated rings. The lowest BCUT2D eigenvalue weighted by atomic mass is 9.90. The highest BCUT2D eigenvalue weighted by molar-refractivity contribution is 5.81. The zero-order chi connectivity index (χ0) is 21.6. The first kappa shape index (κ1) is 22.6. The first-order valence-electron chi connectivity index (χ1n) is 9.77. The minimum Gasteiger partial charge on any atom is -0.493 e. The van der Waals surface area contributed by atoms with E-state index >= 15 is 0 Å². The number of amides is 1. The van der Waals surface area contributed by atoms with Crippen LogP contribution in [0, 0.1) is 0 Å². The van der Waals surface area contributed by atoms with Crippen LogP contribution in [0.4, 0.5) is 4.79 Å². The second-order valence-corrected chi connectivity index (χ2v) is 7.74. The summed E-state index contributed by atoms with van der Waals surface area (Å²) in [4.78, 5) is 26.2. The molecule has 0 saturated heterocycles. The van der Waals surface area contributed by atoms with Gasteiger partial charge in [-0.25, -0.2) is 9.59 Å². The summed E-state index contributed by atoms with van der Waals surface area (Å²) >= 11 is 0. The summed E-state index contributed by atoms with van der Waals surface area (Å²) in [6, 6.07) is 3.55. The number of ether oxygens (including phenoxy) is 4. The fourth-order valence-electron chi connectivity index (χ4n) is 3.30. The van der Waals surface area contributed by atoms with Gasteiger partial charge in [0.25, 0.3) is 0 Å². The molecule has 1 aliphatic rings. The molecule has 0 aromatic heterocycles. The smallest absolute Gasteiger partial charge is 0.410 e. The van der Waals surface area contributed by atoms with Gasteiger partial charge in [-0.05, 0) is 63.8 Å². The van der Waals surface area contributed by atoms with Crippen molar-refractivity contribution in [1.82, 2.24) is 4.90 Å². The van der Waals surface area contributed by atoms with Crippen LogP contribution >= 0.6 is 0 Å². The van der Waals surface area contributed by atoms with Gasteiger partial charge in [-0.1, -0.05) is 6.08 Å². The molecule has 0 aliphatic carbocycles. The van der Waals surface area contributed by atoms with Crippen molar-refractivity contribution in [3.05, 3.63) is 35.4 Å². The summed E-state index contributed by atoms with van der Waals surface area (Å²) in [5, 5.41) is 0. The highest BCUT2D eigenvalue weighted by Crippen LogP contribution is 2.40. The Balaban J connectivity index is 2.38. The number of methoxy groups -OCH3 is 2. The lowest BCUT2D eigenvalue weighted by Gasteiger charge is -2.38. The largest absolute Gasteiger partial charge is 0.493 e. The molecule has 7 heteroatoms. The number of carbonyl (C=O) groups excluding carboxylic acids is 2. The van der Waals surface area contributed by atoms with E-state index in [4.69, 9.17) is 18.9 Å². The number of benzene rings is 1. The van der Waals surface area contributed by atoms with Crippen molar-refractivity contribution in [3.63, 3.8) is 0 Å². The van der Waals surface area contributed by atoms with Crippen LogP contribution in [0.25, 0.3) is 0 Å². The van der Waals surface area contributed by atoms with Crippen LogP contribution in [0.5, 0.6) is 11.5 Å². The Bertz CT molecular complexity index is 765. The molecule has 0 bridgehead atoms. The first-order valence-corrected chi connectivity index (χ1v) is 9.77. The predicted octanol–water partition coefficient (Wildman–Crippen LogP) is 4.05. The maximum absolute atomic E-state index is 12.8. The van der Waals surface area contributed by atoms with Gasteiger partial charge < -0.3 is 23.8 Å². The molecule has 7 nitrogen and oxygen atoms in total. The van der Waals surface area contributed by atoms with Crippen LogP contribution in [0.1, 0.15) is 51.3 Å². The fourth-order valence-corrected chi connectivity index (χ4v) is 3.30. The number of carbonyl (C=O) groups is 2. The summed E-state index contributed by atoms with van der Waals surface area (Å²) in [6.07, 6.45) is 3.86. The molecule has 1 heterocycles. The first-order chi connectivity index (χ1) is 13.7. The zero-order valence-electron chi connectivity index (χ0n) is 18.1. The second-order valence-electron chi connectivity index (χ2n) is 7.74. The molecule has 1 unspecified atom stereocenters. The summed E-state index contributed by atoms with van der Waals surface area (Å²) in [5.41, 5.74) is 1.44. The lowest BCUT2D eigenvalue weighted by molar-refractivity contribution is -0.137. The predicted molar refractivity (Wildman–Crippen MR) is 109 cm³/mol. The van der Waals surface area contributed by atoms with Crippen LogP contribution in [0.3, 0.4) is 0 Å². The number of fused-ring (bicyclic) bond motifs is 1. The molecule has 0 N–H and O–H groups in total. The number of nitrogens with zero attached hydrogens (tertiary/aromatic N) is 1. The van der Waals surface area contributed by atoms with Crippen LogP contribution in [0.2, 0.25) is 0 Å². The van der Waals surface area contributed by atoms with Crippen LogP contribution in [-0.4, -0.2) is 49.9 Å². The Morgan fingerprint density at radius 2 is 1.83 bits per heavy atom. The SMILES string of the molecule is CCOC(=O)/C=C/CC1c2cc(OC)c(OC)cc2CCN1C(=O)OC(C)(C)C. The maximum Gasteiger partial charge on any atom is 0.410 e. The molecule has 0 saturated carbocycles. The van der Waals surface area contributed by atoms with Crippen molar-refractivity contribution in [1.29, 1.82) is 0 Å². The minimum atomic E-state index is -0.597. The Kier molecular flexibility index (Phi) is 7.53. The van der Waals surface area contributed by atoms with E-state index in [0.29, 0.717) is 37.5 Å². The minimum absolute atomic E-state index is 0.293. The average molecular weight is 405 g/mol. The normalized spacial score (nSPS) is 16.3. The summed E-state index contributed by atoms with van der Waals surface area (Å²) in [5.74, 6) is 0.842. The summed E-state index contributed by atoms with van der Waals surface area (Å²) in [7, 11) is 3.17. The number of esters is 1. The Morgan fingerprint density at radius 1 is 1.17 bits per heavy atom. The summed E-state index contributed by atoms with van der Waals surface area (Å²) in [6.45, 7) is 8.10. The number of hydrogen-bond acceptors (Lipinski definition) is 6. The zero-order valence-corrected chi connectivity index (χ0v) is 18.1. The van der Waals surface area contributed by atoms with Gasteiger partial charge in [0.2, 0.25) is 0 Å². The van der Waals surface area contributed by atoms with Crippen molar-refractivity contribution in [3.8, 4) is 11.5 Å². The van der Waals surface area contributed by atoms with E-state index in [1.807, 2.05) is 32.9 Å². The van der Waals surface area contributed by atoms with Crippen molar-refractivity contribution in [2.45, 2.75) is 52.2 Å². The van der Waals surface area contributed by atoms with E-state index in [-0.39, 0.29) is 12.1 Å². The van der Waals surface area contributed by atoms with E-state index in [9.17, 15) is 9.59 Å². The Morgan fingerprint density at radius 3 is 2.41 bits per heavy atom. The topological polar surface area (TPSA) is 74.3 Å². The van der Waals surface area contributed by atoms with Gasteiger partial charge in [0, 0.05) is 12.6 Å². The van der Waals surface area contributed by atoms with Crippen molar-refractivity contribution in [2.75, 3.05) is 27.4 Å². The average Bonchev–Trinajstić information content (AvgIpc) is 2.65. The molecule has 1 aliphatic heterocycles. The molecular weight excluding hydrogens is 374 g/mol. The van der Waals surface area contributed by atoms with Crippen molar-refractivity contribution in [2.24, 2.45) is 0 Å². The van der Waals surface area contributed by atoms with E-state index in [1.54, 1.807) is 32.1 Å². The second kappa shape index (κ2) is 9.67. The van der Waals surface area contributed by atoms with E-state index in [2.05, 4.69) is 0 Å². The third-order valence-electron chi connectivity index (χ3n) is 4.53. The van der Waals surface area contributed by atoms with E-state index < -0.39 is 11.6 Å². The Labute approximate surface area is 172 Å². The molecule has 2 rings (SSSR count). The van der Waals surface area contributed by atoms with Crippen LogP contribution in [-0.2, 0) is 20.7 Å². The molecule has 0 radical (unpaired) electrons. The standard InChI is InChI=1S/C22H31NO6/c1-7-28-20(24)10-8-9-17-16-14-19(27-6)18(26-5)13-15(16)11-12-23(17)21(25)29-22(2,3)4/h8,10,13-14,17H,7,9,11-12H2,1-6H3/b10-8+. The highest BCUT2D eigenvalue weighted by atomic mass is 16.6. The third-order valence-corrected chi connectivity index (χ3v) is 4.53. The highest BCUT2D eigenvalue weighted by Gasteiger charge is 2.34. The quantitative estimate of drug-likeness (QED) is 0.525. The van der Waals surface area contributed by atoms with Gasteiger partial charge in [0.1, 0.15) is 5.60 Å². The molecule has 1 amide bonds. The van der Waals surface area contributed by atoms with Crippen molar-refractivity contribution < 1.29 is 28.5 Å². The lowest BCUT2D eigenvalue weighted by Crippen LogP contribution is -2.43. The van der Waals surface area contributed by atoms with Crippen LogP contribution in [0.15, 0.2) is 24.3 Å². The number of rotatable bonds is 6. The van der Waals surface area contributed by atoms with Gasteiger partial charge in [0.15, 0.2) is 11.5 Å². The monoisotopic (exact) mass is 405 g/mol. The molecular formula is C22H31NO6. The van der Waals surface area contributed by atoms with Gasteiger partial charge in [0.05, 0.1) is 26.9 Å². The third kappa shape index (κ3) is 5.89. The number of hydrogen-bond donors (Lipinski definition) is 0. The summed E-state index contributed by atoms with van der Waals surface area (Å²) < 4.78 is 21.4. The molecule has 1 aromatic carbocycles. The van der Waals surface area contributed by atoms with E-state index in [0.717, 1.165) is 11.1 Å². The van der Waals surface area contributed by atoms with E-state index in [1.165, 1.54) is 6.08 Å². The Hall–Kier alpha value is -2.70. The fraction of sp³-hybridized carbons (Fsp3) is 0.545. The molecule has 1 atom stereocenters. The molecule has 1 aromatic rings. The van der Waals surface area contributed by atoms with Crippen molar-refractivity contribution >= 4 is 12.1 Å². The molecule has 160 valence electrons. The van der Waals surface area contributed by atoms with Gasteiger partial charge in [-0.2, -0.15) is 0 Å². The molecule has 29 heavy (non-hydrogen) atoms. The molecule has 0 spiro atoms. The van der Waals surface area contributed by atoms with Crippen LogP contribution < -0.4 is 9.47 Å².